The lowest BCUT2D eigenvalue weighted by Gasteiger charge is -2.18. The third kappa shape index (κ3) is 3.95. The van der Waals surface area contributed by atoms with E-state index in [9.17, 15) is 9.36 Å². The highest BCUT2D eigenvalue weighted by molar-refractivity contribution is 7.63. The zero-order valence-electron chi connectivity index (χ0n) is 8.62. The van der Waals surface area contributed by atoms with E-state index in [1.807, 2.05) is 20.8 Å². The summed E-state index contributed by atoms with van der Waals surface area (Å²) in [6.45, 7) is 5.58. The van der Waals surface area contributed by atoms with Gasteiger partial charge in [0.25, 0.3) is 0 Å². The van der Waals surface area contributed by atoms with Crippen LogP contribution in [0.1, 0.15) is 27.2 Å². The summed E-state index contributed by atoms with van der Waals surface area (Å²) >= 11 is 0. The van der Waals surface area contributed by atoms with Gasteiger partial charge in [0.05, 0.1) is 13.1 Å². The molecule has 0 aromatic rings. The van der Waals surface area contributed by atoms with E-state index in [1.165, 1.54) is 0 Å². The van der Waals surface area contributed by atoms with E-state index in [2.05, 4.69) is 0 Å². The molecule has 1 unspecified atom stereocenters. The normalized spacial score (nSPS) is 14.1. The number of carboxylic acids is 1. The van der Waals surface area contributed by atoms with E-state index in [0.717, 1.165) is 0 Å². The van der Waals surface area contributed by atoms with Crippen molar-refractivity contribution in [2.75, 3.05) is 18.5 Å². The lowest BCUT2D eigenvalue weighted by Crippen LogP contribution is -2.18. The molecule has 0 aliphatic rings. The molecule has 0 aromatic carbocycles. The van der Waals surface area contributed by atoms with Gasteiger partial charge in [-0.2, -0.15) is 0 Å². The van der Waals surface area contributed by atoms with Crippen LogP contribution in [-0.2, 0) is 9.36 Å². The second kappa shape index (κ2) is 5.43. The van der Waals surface area contributed by atoms with Gasteiger partial charge >= 0.3 is 5.97 Å². The molecule has 0 aliphatic heterocycles. The summed E-state index contributed by atoms with van der Waals surface area (Å²) in [6.07, 6.45) is 2.17. The predicted molar refractivity (Wildman–Crippen MR) is 55.0 cm³/mol. The van der Waals surface area contributed by atoms with Gasteiger partial charge in [0.15, 0.2) is 0 Å². The molecule has 0 fully saturated rings. The van der Waals surface area contributed by atoms with Gasteiger partial charge in [0.2, 0.25) is 0 Å². The Morgan fingerprint density at radius 3 is 2.00 bits per heavy atom. The van der Waals surface area contributed by atoms with E-state index in [1.54, 1.807) is 0 Å². The number of carbonyl (C=O) groups is 1. The van der Waals surface area contributed by atoms with Crippen molar-refractivity contribution < 1.29 is 14.5 Å². The highest BCUT2D eigenvalue weighted by Crippen LogP contribution is 2.46. The van der Waals surface area contributed by atoms with Crippen molar-refractivity contribution in [3.8, 4) is 0 Å². The standard InChI is InChI=1S/C9H19O3P/c1-4-8(9(10)11)7-13(12,5-2)6-3/h8H,4-7H2,1-3H3,(H,10,11). The quantitative estimate of drug-likeness (QED) is 0.679. The van der Waals surface area contributed by atoms with Crippen molar-refractivity contribution in [2.24, 2.45) is 5.92 Å². The van der Waals surface area contributed by atoms with Crippen molar-refractivity contribution in [3.05, 3.63) is 0 Å². The first kappa shape index (κ1) is 12.7. The number of carboxylic acid groups (broad SMARTS) is 1. The van der Waals surface area contributed by atoms with Gasteiger partial charge in [0.1, 0.15) is 0 Å². The number of aliphatic carboxylic acids is 1. The predicted octanol–water partition coefficient (Wildman–Crippen LogP) is 2.50. The highest BCUT2D eigenvalue weighted by atomic mass is 31.2. The maximum absolute atomic E-state index is 12.0. The molecule has 0 spiro atoms. The SMILES string of the molecule is CCC(CP(=O)(CC)CC)C(=O)O. The van der Waals surface area contributed by atoms with Crippen LogP contribution in [0.25, 0.3) is 0 Å². The Balaban J connectivity index is 4.37. The Morgan fingerprint density at radius 2 is 1.77 bits per heavy atom. The smallest absolute Gasteiger partial charge is 0.306 e. The molecule has 3 nitrogen and oxygen atoms in total. The van der Waals surface area contributed by atoms with Crippen molar-refractivity contribution in [1.82, 2.24) is 0 Å². The number of hydrogen-bond acceptors (Lipinski definition) is 2. The molecule has 1 atom stereocenters. The van der Waals surface area contributed by atoms with Gasteiger partial charge in [-0.25, -0.2) is 0 Å². The first-order valence-electron chi connectivity index (χ1n) is 4.79. The van der Waals surface area contributed by atoms with Crippen LogP contribution >= 0.6 is 7.14 Å². The van der Waals surface area contributed by atoms with Crippen LogP contribution in [0.3, 0.4) is 0 Å². The fraction of sp³-hybridized carbons (Fsp3) is 0.889. The van der Waals surface area contributed by atoms with E-state index >= 15 is 0 Å². The van der Waals surface area contributed by atoms with Crippen molar-refractivity contribution in [3.63, 3.8) is 0 Å². The van der Waals surface area contributed by atoms with Crippen LogP contribution in [0.2, 0.25) is 0 Å². The van der Waals surface area contributed by atoms with Crippen LogP contribution < -0.4 is 0 Å². The molecule has 0 amide bonds. The minimum absolute atomic E-state index is 0.367. The van der Waals surface area contributed by atoms with Crippen LogP contribution in [-0.4, -0.2) is 29.6 Å². The molecule has 13 heavy (non-hydrogen) atoms. The molecule has 4 heteroatoms. The average Bonchev–Trinajstić information content (AvgIpc) is 2.13. The molecular weight excluding hydrogens is 187 g/mol. The molecule has 0 heterocycles. The maximum atomic E-state index is 12.0. The topological polar surface area (TPSA) is 54.4 Å². The average molecular weight is 206 g/mol. The first-order valence-corrected chi connectivity index (χ1v) is 7.05. The molecule has 0 rings (SSSR count). The Hall–Kier alpha value is -0.300. The molecule has 0 radical (unpaired) electrons. The molecule has 78 valence electrons. The van der Waals surface area contributed by atoms with Crippen molar-refractivity contribution in [1.29, 1.82) is 0 Å². The Morgan fingerprint density at radius 1 is 1.31 bits per heavy atom. The van der Waals surface area contributed by atoms with Gasteiger partial charge in [0, 0.05) is 6.16 Å². The van der Waals surface area contributed by atoms with Crippen LogP contribution in [0.15, 0.2) is 0 Å². The van der Waals surface area contributed by atoms with Crippen LogP contribution in [0, 0.1) is 5.92 Å². The van der Waals surface area contributed by atoms with Gasteiger partial charge in [-0.15, -0.1) is 0 Å². The lowest BCUT2D eigenvalue weighted by molar-refractivity contribution is -0.141. The third-order valence-corrected chi connectivity index (χ3v) is 5.96. The molecular formula is C9H19O3P. The number of rotatable bonds is 6. The summed E-state index contributed by atoms with van der Waals surface area (Å²) in [5.74, 6) is -1.24. The molecule has 1 N–H and O–H groups in total. The van der Waals surface area contributed by atoms with Crippen molar-refractivity contribution >= 4 is 13.1 Å². The Kier molecular flexibility index (Phi) is 5.31. The largest absolute Gasteiger partial charge is 0.481 e. The second-order valence-electron chi connectivity index (χ2n) is 3.32. The summed E-state index contributed by atoms with van der Waals surface area (Å²) in [7, 11) is -2.19. The fourth-order valence-corrected chi connectivity index (χ4v) is 3.45. The van der Waals surface area contributed by atoms with Gasteiger partial charge < -0.3 is 9.67 Å². The summed E-state index contributed by atoms with van der Waals surface area (Å²) in [4.78, 5) is 10.7. The molecule has 0 aromatic heterocycles. The maximum Gasteiger partial charge on any atom is 0.306 e. The summed E-state index contributed by atoms with van der Waals surface area (Å²) in [5, 5.41) is 8.81. The van der Waals surface area contributed by atoms with Crippen molar-refractivity contribution in [2.45, 2.75) is 27.2 Å². The molecule has 0 saturated heterocycles. The Labute approximate surface area is 79.9 Å². The molecule has 0 saturated carbocycles. The minimum Gasteiger partial charge on any atom is -0.481 e. The van der Waals surface area contributed by atoms with Crippen LogP contribution in [0.4, 0.5) is 0 Å². The summed E-state index contributed by atoms with van der Waals surface area (Å²) < 4.78 is 12.0. The zero-order valence-corrected chi connectivity index (χ0v) is 9.51. The molecule has 0 aliphatic carbocycles. The number of hydrogen-bond donors (Lipinski definition) is 1. The van der Waals surface area contributed by atoms with Crippen LogP contribution in [0.5, 0.6) is 0 Å². The third-order valence-electron chi connectivity index (χ3n) is 2.55. The van der Waals surface area contributed by atoms with E-state index in [0.29, 0.717) is 24.9 Å². The van der Waals surface area contributed by atoms with E-state index in [-0.39, 0.29) is 0 Å². The van der Waals surface area contributed by atoms with Gasteiger partial charge in [-0.3, -0.25) is 4.79 Å². The minimum atomic E-state index is -2.19. The Bertz CT molecular complexity index is 205. The summed E-state index contributed by atoms with van der Waals surface area (Å²) in [6, 6.07) is 0. The monoisotopic (exact) mass is 206 g/mol. The second-order valence-corrected chi connectivity index (χ2v) is 7.06. The highest BCUT2D eigenvalue weighted by Gasteiger charge is 2.26. The zero-order chi connectivity index (χ0) is 10.5. The van der Waals surface area contributed by atoms with Gasteiger partial charge in [-0.1, -0.05) is 20.8 Å². The van der Waals surface area contributed by atoms with E-state index < -0.39 is 19.0 Å². The first-order chi connectivity index (χ1) is 5.99. The van der Waals surface area contributed by atoms with Gasteiger partial charge in [-0.05, 0) is 18.7 Å². The lowest BCUT2D eigenvalue weighted by atomic mass is 10.1. The molecule has 0 bridgehead atoms. The fourth-order valence-electron chi connectivity index (χ4n) is 1.27. The summed E-state index contributed by atoms with van der Waals surface area (Å²) in [5.41, 5.74) is 0. The van der Waals surface area contributed by atoms with E-state index in [4.69, 9.17) is 5.11 Å².